The first-order valence-electron chi connectivity index (χ1n) is 10.00. The summed E-state index contributed by atoms with van der Waals surface area (Å²) in [5, 5.41) is 8.78. The molecule has 0 saturated carbocycles. The number of aromatic nitrogens is 4. The average molecular weight is 406 g/mol. The highest BCUT2D eigenvalue weighted by Crippen LogP contribution is 2.33. The van der Waals surface area contributed by atoms with Crippen LogP contribution in [-0.4, -0.2) is 63.9 Å². The van der Waals surface area contributed by atoms with Crippen molar-refractivity contribution in [1.29, 1.82) is 0 Å². The minimum absolute atomic E-state index is 0.314. The zero-order valence-electron chi connectivity index (χ0n) is 16.9. The fourth-order valence-electron chi connectivity index (χ4n) is 4.06. The van der Waals surface area contributed by atoms with E-state index in [0.717, 1.165) is 34.1 Å². The Morgan fingerprint density at radius 3 is 2.97 bits per heavy atom. The molecule has 3 aromatic heterocycles. The van der Waals surface area contributed by atoms with Crippen LogP contribution in [0.3, 0.4) is 0 Å². The quantitative estimate of drug-likeness (QED) is 0.560. The zero-order chi connectivity index (χ0) is 20.7. The lowest BCUT2D eigenvalue weighted by molar-refractivity contribution is 0.149. The van der Waals surface area contributed by atoms with E-state index in [2.05, 4.69) is 26.4 Å². The van der Waals surface area contributed by atoms with Gasteiger partial charge in [0, 0.05) is 36.4 Å². The van der Waals surface area contributed by atoms with Gasteiger partial charge in [-0.2, -0.15) is 4.98 Å². The van der Waals surface area contributed by atoms with Crippen LogP contribution in [0.25, 0.3) is 27.5 Å². The van der Waals surface area contributed by atoms with Crippen molar-refractivity contribution in [2.24, 2.45) is 0 Å². The Hall–Kier alpha value is -3.26. The molecule has 0 unspecified atom stereocenters. The van der Waals surface area contributed by atoms with Crippen LogP contribution in [0.5, 0.6) is 5.88 Å². The largest absolute Gasteiger partial charge is 0.479 e. The van der Waals surface area contributed by atoms with Crippen molar-refractivity contribution in [3.05, 3.63) is 48.8 Å². The molecule has 4 heterocycles. The Kier molecular flexibility index (Phi) is 4.71. The lowest BCUT2D eigenvalue weighted by Gasteiger charge is -2.32. The van der Waals surface area contributed by atoms with Crippen molar-refractivity contribution in [3.63, 3.8) is 0 Å². The van der Waals surface area contributed by atoms with Crippen LogP contribution in [0.2, 0.25) is 0 Å². The van der Waals surface area contributed by atoms with Crippen LogP contribution in [0.15, 0.2) is 48.8 Å². The second kappa shape index (κ2) is 7.53. The number of hydrogen-bond acceptors (Lipinski definition) is 6. The fraction of sp³-hybridized carbons (Fsp3) is 0.318. The average Bonchev–Trinajstić information content (AvgIpc) is 3.19. The van der Waals surface area contributed by atoms with Gasteiger partial charge in [-0.25, -0.2) is 8.91 Å². The van der Waals surface area contributed by atoms with Crippen molar-refractivity contribution in [1.82, 2.24) is 24.5 Å². The number of benzene rings is 1. The molecule has 1 aromatic carbocycles. The molecule has 1 aliphatic heterocycles. The lowest BCUT2D eigenvalue weighted by Crippen LogP contribution is -2.46. The second-order valence-electron chi connectivity index (χ2n) is 7.70. The first-order valence-corrected chi connectivity index (χ1v) is 10.00. The number of likely N-dealkylation sites (tertiary alicyclic amines) is 1. The van der Waals surface area contributed by atoms with Gasteiger partial charge in [-0.05, 0) is 43.3 Å². The first kappa shape index (κ1) is 18.7. The normalized spacial score (nSPS) is 20.0. The smallest absolute Gasteiger partial charge is 0.244 e. The Morgan fingerprint density at radius 2 is 2.13 bits per heavy atom. The number of fused-ring (bicyclic) bond motifs is 2. The van der Waals surface area contributed by atoms with E-state index in [9.17, 15) is 4.39 Å². The number of nitrogens with zero attached hydrogens (tertiary/aromatic N) is 5. The monoisotopic (exact) mass is 406 g/mol. The molecule has 8 heteroatoms. The molecule has 1 aliphatic rings. The summed E-state index contributed by atoms with van der Waals surface area (Å²) in [6.45, 7) is 1.24. The Morgan fingerprint density at radius 1 is 1.23 bits per heavy atom. The zero-order valence-corrected chi connectivity index (χ0v) is 16.9. The van der Waals surface area contributed by atoms with Crippen LogP contribution < -0.4 is 10.1 Å². The van der Waals surface area contributed by atoms with E-state index >= 15 is 0 Å². The molecule has 30 heavy (non-hydrogen) atoms. The number of rotatable bonds is 4. The molecule has 7 nitrogen and oxygen atoms in total. The van der Waals surface area contributed by atoms with Gasteiger partial charge in [0.2, 0.25) is 11.8 Å². The molecule has 154 valence electrons. The van der Waals surface area contributed by atoms with E-state index < -0.39 is 6.17 Å². The van der Waals surface area contributed by atoms with Crippen LogP contribution in [0.1, 0.15) is 6.42 Å². The van der Waals surface area contributed by atoms with Gasteiger partial charge >= 0.3 is 0 Å². The summed E-state index contributed by atoms with van der Waals surface area (Å²) in [6, 6.07) is 11.8. The highest BCUT2D eigenvalue weighted by Gasteiger charge is 2.28. The molecule has 4 aromatic rings. The van der Waals surface area contributed by atoms with Gasteiger partial charge in [0.25, 0.3) is 0 Å². The third-order valence-corrected chi connectivity index (χ3v) is 5.65. The minimum Gasteiger partial charge on any atom is -0.479 e. The Labute approximate surface area is 173 Å². The maximum atomic E-state index is 14.4. The van der Waals surface area contributed by atoms with Gasteiger partial charge in [0.15, 0.2) is 0 Å². The van der Waals surface area contributed by atoms with Gasteiger partial charge < -0.3 is 15.0 Å². The molecule has 1 saturated heterocycles. The van der Waals surface area contributed by atoms with E-state index in [1.807, 2.05) is 48.5 Å². The lowest BCUT2D eigenvalue weighted by atomic mass is 10.0. The standard InChI is InChI=1S/C22H23FN6O/c1-28-10-8-19(17(23)13-28)25-22-26-21(30-2)20-16(7-11-29(20)27-22)14-5-6-18-15(12-14)4-3-9-24-18/h3-7,9,11-12,17,19H,8,10,13H2,1-2H3,(H,25,27)/t17-,19-/m1/s1. The summed E-state index contributed by atoms with van der Waals surface area (Å²) >= 11 is 0. The third kappa shape index (κ3) is 3.33. The minimum atomic E-state index is -0.972. The number of alkyl halides is 1. The molecule has 1 fully saturated rings. The number of methoxy groups -OCH3 is 1. The third-order valence-electron chi connectivity index (χ3n) is 5.65. The number of ether oxygens (including phenoxy) is 1. The molecular weight excluding hydrogens is 383 g/mol. The number of pyridine rings is 1. The molecular formula is C22H23FN6O. The van der Waals surface area contributed by atoms with E-state index in [1.54, 1.807) is 17.8 Å². The number of piperidine rings is 1. The van der Waals surface area contributed by atoms with Gasteiger partial charge in [-0.3, -0.25) is 4.98 Å². The molecule has 0 bridgehead atoms. The first-order chi connectivity index (χ1) is 14.6. The summed E-state index contributed by atoms with van der Waals surface area (Å²) < 4.78 is 21.7. The fourth-order valence-corrected chi connectivity index (χ4v) is 4.06. The maximum absolute atomic E-state index is 14.4. The summed E-state index contributed by atoms with van der Waals surface area (Å²) in [5.74, 6) is 0.809. The highest BCUT2D eigenvalue weighted by atomic mass is 19.1. The Balaban J connectivity index is 1.52. The number of anilines is 1. The van der Waals surface area contributed by atoms with E-state index in [1.165, 1.54) is 0 Å². The van der Waals surface area contributed by atoms with Crippen LogP contribution >= 0.6 is 0 Å². The van der Waals surface area contributed by atoms with Crippen molar-refractivity contribution in [3.8, 4) is 17.0 Å². The van der Waals surface area contributed by atoms with E-state index in [4.69, 9.17) is 4.74 Å². The molecule has 0 aliphatic carbocycles. The van der Waals surface area contributed by atoms with Crippen molar-refractivity contribution in [2.75, 3.05) is 32.6 Å². The topological polar surface area (TPSA) is 67.6 Å². The molecule has 0 spiro atoms. The van der Waals surface area contributed by atoms with E-state index in [0.29, 0.717) is 24.8 Å². The molecule has 5 rings (SSSR count). The number of nitrogens with one attached hydrogen (secondary N) is 1. The van der Waals surface area contributed by atoms with Crippen molar-refractivity contribution >= 4 is 22.4 Å². The van der Waals surface area contributed by atoms with Crippen LogP contribution in [0, 0.1) is 0 Å². The van der Waals surface area contributed by atoms with Crippen molar-refractivity contribution in [2.45, 2.75) is 18.6 Å². The highest BCUT2D eigenvalue weighted by molar-refractivity contribution is 5.90. The van der Waals surface area contributed by atoms with Gasteiger partial charge in [0.05, 0.1) is 18.7 Å². The second-order valence-corrected chi connectivity index (χ2v) is 7.70. The summed E-state index contributed by atoms with van der Waals surface area (Å²) in [6.07, 6.45) is 3.38. The molecule has 2 atom stereocenters. The van der Waals surface area contributed by atoms with Gasteiger partial charge in [-0.1, -0.05) is 12.1 Å². The maximum Gasteiger partial charge on any atom is 0.244 e. The van der Waals surface area contributed by atoms with E-state index in [-0.39, 0.29) is 6.04 Å². The van der Waals surface area contributed by atoms with Gasteiger partial charge in [-0.15, -0.1) is 5.10 Å². The summed E-state index contributed by atoms with van der Waals surface area (Å²) in [7, 11) is 3.51. The number of hydrogen-bond donors (Lipinski definition) is 1. The Bertz CT molecular complexity index is 1210. The molecule has 1 N–H and O–H groups in total. The summed E-state index contributed by atoms with van der Waals surface area (Å²) in [5.41, 5.74) is 3.70. The molecule has 0 amide bonds. The molecule has 0 radical (unpaired) electrons. The summed E-state index contributed by atoms with van der Waals surface area (Å²) in [4.78, 5) is 10.9. The van der Waals surface area contributed by atoms with Crippen molar-refractivity contribution < 1.29 is 9.13 Å². The predicted octanol–water partition coefficient (Wildman–Crippen LogP) is 3.41. The predicted molar refractivity (Wildman–Crippen MR) is 115 cm³/mol. The SMILES string of the molecule is COc1nc(N[C@@H]2CCN(C)C[C@H]2F)nn2ccc(-c3ccc4ncccc4c3)c12. The van der Waals surface area contributed by atoms with Crippen LogP contribution in [0.4, 0.5) is 10.3 Å². The number of halogens is 1. The van der Waals surface area contributed by atoms with Gasteiger partial charge in [0.1, 0.15) is 11.7 Å². The van der Waals surface area contributed by atoms with Crippen LogP contribution in [-0.2, 0) is 0 Å².